The Labute approximate surface area is 150 Å². The number of rotatable bonds is 6. The van der Waals surface area contributed by atoms with Gasteiger partial charge in [-0.25, -0.2) is 4.39 Å². The van der Waals surface area contributed by atoms with Crippen LogP contribution in [0.25, 0.3) is 10.9 Å². The number of thioether (sulfide) groups is 1. The van der Waals surface area contributed by atoms with Crippen LogP contribution in [0.15, 0.2) is 59.6 Å². The summed E-state index contributed by atoms with van der Waals surface area (Å²) in [5.41, 5.74) is 1.96. The van der Waals surface area contributed by atoms with Crippen LogP contribution in [-0.4, -0.2) is 22.9 Å². The molecular formula is C20H20FNO2S. The number of aromatic nitrogens is 1. The molecule has 0 N–H and O–H groups in total. The van der Waals surface area contributed by atoms with Gasteiger partial charge in [0.05, 0.1) is 7.11 Å². The minimum Gasteiger partial charge on any atom is -0.468 e. The van der Waals surface area contributed by atoms with Gasteiger partial charge < -0.3 is 9.30 Å². The molecule has 0 amide bonds. The number of methoxy groups -OCH3 is 1. The van der Waals surface area contributed by atoms with Crippen molar-refractivity contribution in [3.63, 3.8) is 0 Å². The zero-order valence-corrected chi connectivity index (χ0v) is 15.1. The molecule has 0 saturated carbocycles. The SMILES string of the molecule is CCC(Sc1cn(Cc2cccc(F)c2)c2ccccc12)C(=O)OC. The number of hydrogen-bond donors (Lipinski definition) is 0. The predicted molar refractivity (Wildman–Crippen MR) is 99.4 cm³/mol. The number of para-hydroxylation sites is 1. The minimum absolute atomic E-state index is 0.213. The van der Waals surface area contributed by atoms with Crippen LogP contribution >= 0.6 is 11.8 Å². The molecule has 0 spiro atoms. The standard InChI is InChI=1S/C20H20FNO2S/c1-3-18(20(23)24-2)25-19-13-22(17-10-5-4-9-16(17)19)12-14-7-6-8-15(21)11-14/h4-11,13,18H,3,12H2,1-2H3. The second-order valence-electron chi connectivity index (χ2n) is 5.81. The summed E-state index contributed by atoms with van der Waals surface area (Å²) in [6.45, 7) is 2.55. The van der Waals surface area contributed by atoms with E-state index in [9.17, 15) is 9.18 Å². The summed E-state index contributed by atoms with van der Waals surface area (Å²) >= 11 is 1.52. The minimum atomic E-state index is -0.238. The number of benzene rings is 2. The van der Waals surface area contributed by atoms with E-state index in [-0.39, 0.29) is 17.0 Å². The van der Waals surface area contributed by atoms with Gasteiger partial charge in [-0.15, -0.1) is 11.8 Å². The molecule has 3 aromatic rings. The lowest BCUT2D eigenvalue weighted by molar-refractivity contribution is -0.140. The first-order valence-electron chi connectivity index (χ1n) is 8.19. The first-order valence-corrected chi connectivity index (χ1v) is 9.07. The molecule has 1 atom stereocenters. The molecule has 2 aromatic carbocycles. The molecule has 0 aliphatic rings. The normalized spacial score (nSPS) is 12.3. The van der Waals surface area contributed by atoms with Crippen molar-refractivity contribution in [2.45, 2.75) is 30.0 Å². The van der Waals surface area contributed by atoms with E-state index in [2.05, 4.69) is 4.57 Å². The summed E-state index contributed by atoms with van der Waals surface area (Å²) in [5, 5.41) is 0.852. The summed E-state index contributed by atoms with van der Waals surface area (Å²) in [6, 6.07) is 14.7. The number of carbonyl (C=O) groups excluding carboxylic acids is 1. The van der Waals surface area contributed by atoms with Crippen LogP contribution in [0.4, 0.5) is 4.39 Å². The first-order chi connectivity index (χ1) is 12.1. The van der Waals surface area contributed by atoms with Crippen LogP contribution < -0.4 is 0 Å². The third-order valence-electron chi connectivity index (χ3n) is 4.10. The number of fused-ring (bicyclic) bond motifs is 1. The number of hydrogen-bond acceptors (Lipinski definition) is 3. The van der Waals surface area contributed by atoms with Gasteiger partial charge in [0.1, 0.15) is 11.1 Å². The van der Waals surface area contributed by atoms with Crippen molar-refractivity contribution >= 4 is 28.6 Å². The third kappa shape index (κ3) is 3.87. The molecule has 0 aliphatic heterocycles. The average Bonchev–Trinajstić information content (AvgIpc) is 2.97. The monoisotopic (exact) mass is 357 g/mol. The Balaban J connectivity index is 1.96. The molecule has 0 radical (unpaired) electrons. The Hall–Kier alpha value is -2.27. The fourth-order valence-corrected chi connectivity index (χ4v) is 4.01. The van der Waals surface area contributed by atoms with Gasteiger partial charge in [-0.1, -0.05) is 37.3 Å². The van der Waals surface area contributed by atoms with Crippen molar-refractivity contribution < 1.29 is 13.9 Å². The van der Waals surface area contributed by atoms with Gasteiger partial charge in [0.15, 0.2) is 0 Å². The highest BCUT2D eigenvalue weighted by Gasteiger charge is 2.21. The maximum Gasteiger partial charge on any atom is 0.319 e. The first kappa shape index (κ1) is 17.5. The van der Waals surface area contributed by atoms with Crippen molar-refractivity contribution in [1.29, 1.82) is 0 Å². The van der Waals surface area contributed by atoms with Gasteiger partial charge in [0.25, 0.3) is 0 Å². The lowest BCUT2D eigenvalue weighted by Gasteiger charge is -2.10. The number of nitrogens with zero attached hydrogens (tertiary/aromatic N) is 1. The van der Waals surface area contributed by atoms with Gasteiger partial charge in [0, 0.05) is 28.5 Å². The number of ether oxygens (including phenoxy) is 1. The summed E-state index contributed by atoms with van der Waals surface area (Å²) in [6.07, 6.45) is 2.73. The highest BCUT2D eigenvalue weighted by Crippen LogP contribution is 2.34. The van der Waals surface area contributed by atoms with E-state index in [1.165, 1.54) is 24.9 Å². The maximum atomic E-state index is 13.5. The van der Waals surface area contributed by atoms with Gasteiger partial charge in [-0.05, 0) is 30.2 Å². The smallest absolute Gasteiger partial charge is 0.319 e. The Morgan fingerprint density at radius 1 is 1.24 bits per heavy atom. The molecule has 3 rings (SSSR count). The largest absolute Gasteiger partial charge is 0.468 e. The van der Waals surface area contributed by atoms with Gasteiger partial charge in [-0.2, -0.15) is 0 Å². The van der Waals surface area contributed by atoms with E-state index >= 15 is 0 Å². The summed E-state index contributed by atoms with van der Waals surface area (Å²) in [5.74, 6) is -0.449. The highest BCUT2D eigenvalue weighted by atomic mass is 32.2. The van der Waals surface area contributed by atoms with E-state index < -0.39 is 0 Å². The van der Waals surface area contributed by atoms with Crippen LogP contribution in [-0.2, 0) is 16.1 Å². The number of carbonyl (C=O) groups is 1. The van der Waals surface area contributed by atoms with E-state index in [0.29, 0.717) is 13.0 Å². The van der Waals surface area contributed by atoms with Crippen molar-refractivity contribution in [2.24, 2.45) is 0 Å². The third-order valence-corrected chi connectivity index (χ3v) is 5.49. The van der Waals surface area contributed by atoms with Crippen molar-refractivity contribution in [3.8, 4) is 0 Å². The average molecular weight is 357 g/mol. The molecule has 3 nitrogen and oxygen atoms in total. The Morgan fingerprint density at radius 3 is 2.76 bits per heavy atom. The van der Waals surface area contributed by atoms with E-state index in [1.54, 1.807) is 12.1 Å². The van der Waals surface area contributed by atoms with Crippen LogP contribution in [0, 0.1) is 5.82 Å². The lowest BCUT2D eigenvalue weighted by atomic mass is 10.2. The molecule has 130 valence electrons. The Kier molecular flexibility index (Phi) is 5.43. The van der Waals surface area contributed by atoms with Crippen LogP contribution in [0.5, 0.6) is 0 Å². The van der Waals surface area contributed by atoms with Gasteiger partial charge in [0.2, 0.25) is 0 Å². The molecule has 0 aliphatic carbocycles. The number of esters is 1. The number of halogens is 1. The molecule has 1 heterocycles. The fourth-order valence-electron chi connectivity index (χ4n) is 2.85. The topological polar surface area (TPSA) is 31.2 Å². The molecule has 1 unspecified atom stereocenters. The molecule has 5 heteroatoms. The highest BCUT2D eigenvalue weighted by molar-refractivity contribution is 8.00. The second kappa shape index (κ2) is 7.74. The molecule has 0 fully saturated rings. The van der Waals surface area contributed by atoms with Crippen LogP contribution in [0.3, 0.4) is 0 Å². The fraction of sp³-hybridized carbons (Fsp3) is 0.250. The van der Waals surface area contributed by atoms with Crippen LogP contribution in [0.2, 0.25) is 0 Å². The molecule has 0 bridgehead atoms. The van der Waals surface area contributed by atoms with E-state index in [0.717, 1.165) is 21.4 Å². The zero-order chi connectivity index (χ0) is 17.8. The van der Waals surface area contributed by atoms with Crippen molar-refractivity contribution in [2.75, 3.05) is 7.11 Å². The quantitative estimate of drug-likeness (QED) is 0.466. The molecule has 1 aromatic heterocycles. The summed E-state index contributed by atoms with van der Waals surface area (Å²) in [7, 11) is 1.42. The summed E-state index contributed by atoms with van der Waals surface area (Å²) < 4.78 is 20.5. The summed E-state index contributed by atoms with van der Waals surface area (Å²) in [4.78, 5) is 13.0. The van der Waals surface area contributed by atoms with E-state index in [4.69, 9.17) is 4.74 Å². The Morgan fingerprint density at radius 2 is 2.04 bits per heavy atom. The van der Waals surface area contributed by atoms with E-state index in [1.807, 2.05) is 43.5 Å². The van der Waals surface area contributed by atoms with Gasteiger partial charge >= 0.3 is 5.97 Å². The second-order valence-corrected chi connectivity index (χ2v) is 7.05. The molecule has 0 saturated heterocycles. The van der Waals surface area contributed by atoms with Crippen LogP contribution in [0.1, 0.15) is 18.9 Å². The lowest BCUT2D eigenvalue weighted by Crippen LogP contribution is -2.17. The van der Waals surface area contributed by atoms with Crippen molar-refractivity contribution in [3.05, 3.63) is 66.1 Å². The molecule has 25 heavy (non-hydrogen) atoms. The Bertz CT molecular complexity index is 890. The van der Waals surface area contributed by atoms with Gasteiger partial charge in [-0.3, -0.25) is 4.79 Å². The zero-order valence-electron chi connectivity index (χ0n) is 14.2. The maximum absolute atomic E-state index is 13.5. The van der Waals surface area contributed by atoms with Crippen molar-refractivity contribution in [1.82, 2.24) is 4.57 Å². The molecular weight excluding hydrogens is 337 g/mol. The predicted octanol–water partition coefficient (Wildman–Crippen LogP) is 4.87.